The smallest absolute Gasteiger partial charge is 0.298 e. The Morgan fingerprint density at radius 2 is 1.37 bits per heavy atom. The van der Waals surface area contributed by atoms with Gasteiger partial charge in [-0.05, 0) is 89.6 Å². The molecule has 0 amide bonds. The first-order valence-corrected chi connectivity index (χ1v) is 27.4. The molecule has 2 N–H and O–H groups in total. The summed E-state index contributed by atoms with van der Waals surface area (Å²) >= 11 is 0. The molecule has 2 heterocycles. The van der Waals surface area contributed by atoms with E-state index in [4.69, 9.17) is 28.0 Å². The van der Waals surface area contributed by atoms with E-state index in [1.807, 2.05) is 78.9 Å². The van der Waals surface area contributed by atoms with Gasteiger partial charge in [0.15, 0.2) is 23.5 Å². The van der Waals surface area contributed by atoms with Gasteiger partial charge in [-0.25, -0.2) is 4.98 Å². The third-order valence-electron chi connectivity index (χ3n) is 10.3. The van der Waals surface area contributed by atoms with Crippen LogP contribution in [0.15, 0.2) is 168 Å². The minimum Gasteiger partial charge on any atom is -0.436 e. The van der Waals surface area contributed by atoms with Crippen molar-refractivity contribution < 1.29 is 4.42 Å². The number of anilines is 1. The molecule has 0 spiro atoms. The topological polar surface area (TPSA) is 126 Å². The first-order valence-electron chi connectivity index (χ1n) is 19.6. The summed E-state index contributed by atoms with van der Waals surface area (Å²) in [5.74, 6) is 0.576. The summed E-state index contributed by atoms with van der Waals surface area (Å²) in [6.07, 6.45) is 9.95. The van der Waals surface area contributed by atoms with Gasteiger partial charge in [0.05, 0.1) is 44.9 Å². The maximum atomic E-state index is 9.86. The molecule has 0 bridgehead atoms. The van der Waals surface area contributed by atoms with Crippen molar-refractivity contribution in [3.05, 3.63) is 161 Å². The lowest BCUT2D eigenvalue weighted by molar-refractivity contribution is 0.620. The van der Waals surface area contributed by atoms with Crippen LogP contribution >= 0.6 is 0 Å². The van der Waals surface area contributed by atoms with Crippen molar-refractivity contribution in [2.45, 2.75) is 39.3 Å². The highest BCUT2D eigenvalue weighted by atomic mass is 28.3. The van der Waals surface area contributed by atoms with E-state index in [0.717, 1.165) is 66.1 Å². The second-order valence-electron chi connectivity index (χ2n) is 15.6. The van der Waals surface area contributed by atoms with E-state index in [-0.39, 0.29) is 0 Å². The predicted octanol–water partition coefficient (Wildman–Crippen LogP) is 9.93. The first kappa shape index (κ1) is 38.1. The summed E-state index contributed by atoms with van der Waals surface area (Å²) in [6, 6.07) is 34.8. The Hall–Kier alpha value is -6.48. The number of oxazole rings is 1. The predicted molar refractivity (Wildman–Crippen MR) is 250 cm³/mol. The highest BCUT2D eigenvalue weighted by Gasteiger charge is 2.34. The third kappa shape index (κ3) is 7.09. The molecule has 9 rings (SSSR count). The Morgan fingerprint density at radius 1 is 0.661 bits per heavy atom. The fourth-order valence-corrected chi connectivity index (χ4v) is 10.7. The molecule has 9 nitrogen and oxygen atoms in total. The van der Waals surface area contributed by atoms with Crippen LogP contribution in [-0.2, 0) is 0 Å². The normalized spacial score (nSPS) is 17.4. The van der Waals surface area contributed by atoms with Crippen LogP contribution < -0.4 is 15.6 Å². The Balaban J connectivity index is 1.23. The average Bonchev–Trinajstić information content (AvgIpc) is 3.80. The van der Waals surface area contributed by atoms with Gasteiger partial charge in [-0.3, -0.25) is 20.1 Å². The maximum Gasteiger partial charge on any atom is 0.298 e. The molecular weight excluding hydrogens is 777 g/mol. The first-order chi connectivity index (χ1) is 28.5. The van der Waals surface area contributed by atoms with E-state index in [1.165, 1.54) is 0 Å². The van der Waals surface area contributed by atoms with Crippen molar-refractivity contribution >= 4 is 82.3 Å². The van der Waals surface area contributed by atoms with Crippen molar-refractivity contribution in [1.29, 1.82) is 10.8 Å². The Kier molecular flexibility index (Phi) is 9.70. The van der Waals surface area contributed by atoms with Crippen LogP contribution in [0.25, 0.3) is 50.0 Å². The van der Waals surface area contributed by atoms with E-state index < -0.39 is 26.3 Å². The van der Waals surface area contributed by atoms with Gasteiger partial charge in [0.25, 0.3) is 8.40 Å². The lowest BCUT2D eigenvalue weighted by Crippen LogP contribution is -2.42. The minimum atomic E-state index is -2.47. The zero-order chi connectivity index (χ0) is 41.0. The highest BCUT2D eigenvalue weighted by molar-refractivity contribution is 6.74. The van der Waals surface area contributed by atoms with Crippen LogP contribution in [0.5, 0.6) is 0 Å². The van der Waals surface area contributed by atoms with Gasteiger partial charge < -0.3 is 18.6 Å². The van der Waals surface area contributed by atoms with Crippen LogP contribution in [0, 0.1) is 10.8 Å². The lowest BCUT2D eigenvalue weighted by Gasteiger charge is -2.34. The van der Waals surface area contributed by atoms with Gasteiger partial charge in [0, 0.05) is 16.7 Å². The number of nitrogens with one attached hydrogen (secondary N) is 2. The van der Waals surface area contributed by atoms with Crippen molar-refractivity contribution in [1.82, 2.24) is 4.98 Å². The molecule has 59 heavy (non-hydrogen) atoms. The molecule has 3 aliphatic rings. The molecule has 5 aromatic carbocycles. The molecule has 0 atom stereocenters. The van der Waals surface area contributed by atoms with Crippen LogP contribution in [0.3, 0.4) is 0 Å². The van der Waals surface area contributed by atoms with E-state index in [1.54, 1.807) is 0 Å². The molecule has 2 radical (unpaired) electrons. The number of rotatable bonds is 8. The van der Waals surface area contributed by atoms with E-state index in [0.29, 0.717) is 40.1 Å². The number of fused-ring (bicyclic) bond motifs is 3. The second kappa shape index (κ2) is 15.0. The van der Waals surface area contributed by atoms with Gasteiger partial charge in [-0.15, -0.1) is 0 Å². The standard InChI is InChI=1S/C47H42N8OSi3/c1-57(2)51-37-18-12-19-38(43(37)49)55(39-28-26-35(42(48)45(39)52-58(3)4)34-16-11-14-29-13-7-8-15-32(29)34)40-27-25-33(44-46(40)54-59(5,6)53-44)30-21-23-31(24-22-30)47-50-36-17-9-10-20-41(36)56-47/h7-28,48-49H,1-6H3/b48-42?,49-43?,51-37-,52-45-. The molecule has 1 aliphatic heterocycles. The average molecular weight is 819 g/mol. The van der Waals surface area contributed by atoms with Crippen molar-refractivity contribution in [3.63, 3.8) is 0 Å². The maximum absolute atomic E-state index is 9.86. The Labute approximate surface area is 347 Å². The number of nitrogens with zero attached hydrogens (tertiary/aromatic N) is 6. The molecule has 1 aromatic heterocycles. The zero-order valence-electron chi connectivity index (χ0n) is 33.8. The number of allylic oxidation sites excluding steroid dienone is 8. The molecule has 0 fully saturated rings. The number of hydrogen-bond acceptors (Lipinski definition) is 9. The van der Waals surface area contributed by atoms with Crippen molar-refractivity contribution in [2.24, 2.45) is 18.6 Å². The molecule has 288 valence electrons. The summed E-state index contributed by atoms with van der Waals surface area (Å²) in [7, 11) is -4.75. The molecular formula is C47H42N8OSi3. The summed E-state index contributed by atoms with van der Waals surface area (Å²) in [5, 5.41) is 23.3. The molecule has 0 unspecified atom stereocenters. The Morgan fingerprint density at radius 3 is 2.15 bits per heavy atom. The van der Waals surface area contributed by atoms with Gasteiger partial charge in [0.1, 0.15) is 11.2 Å². The largest absolute Gasteiger partial charge is 0.436 e. The number of hydrogen-bond donors (Lipinski definition) is 2. The van der Waals surface area contributed by atoms with E-state index in [2.05, 4.69) is 98.8 Å². The van der Waals surface area contributed by atoms with Crippen molar-refractivity contribution in [2.75, 3.05) is 4.90 Å². The minimum absolute atomic E-state index is 0.312. The SMILES string of the molecule is C[Si](C)/N=C1/C=CC=C(N(C2=CC=C(c3cccc4ccccc34)C(=N)/C2=N\[Si](C)C)c2ccc(-c3ccc(-c4nc5ccccc5o4)cc3)c3c2=N[Si](C)(C)N=3)C1=N. The molecule has 6 aromatic rings. The monoisotopic (exact) mass is 818 g/mol. The Bertz CT molecular complexity index is 3040. The summed E-state index contributed by atoms with van der Waals surface area (Å²) in [4.78, 5) is 6.79. The molecule has 0 saturated heterocycles. The summed E-state index contributed by atoms with van der Waals surface area (Å²) in [6.45, 7) is 12.8. The molecule has 2 aliphatic carbocycles. The third-order valence-corrected chi connectivity index (χ3v) is 13.2. The van der Waals surface area contributed by atoms with Crippen LogP contribution in [0.2, 0.25) is 39.3 Å². The van der Waals surface area contributed by atoms with Gasteiger partial charge in [-0.1, -0.05) is 105 Å². The van der Waals surface area contributed by atoms with Gasteiger partial charge >= 0.3 is 0 Å². The summed E-state index contributed by atoms with van der Waals surface area (Å²) in [5.41, 5.74) is 10.3. The van der Waals surface area contributed by atoms with E-state index >= 15 is 0 Å². The van der Waals surface area contributed by atoms with Crippen LogP contribution in [0.1, 0.15) is 5.56 Å². The van der Waals surface area contributed by atoms with Gasteiger partial charge in [0.2, 0.25) is 5.89 Å². The zero-order valence-corrected chi connectivity index (χ0v) is 36.8. The lowest BCUT2D eigenvalue weighted by atomic mass is 9.88. The number of para-hydroxylation sites is 2. The molecule has 0 saturated carbocycles. The van der Waals surface area contributed by atoms with E-state index in [9.17, 15) is 10.8 Å². The number of aromatic nitrogens is 1. The second-order valence-corrected chi connectivity index (χ2v) is 23.3. The highest BCUT2D eigenvalue weighted by Crippen LogP contribution is 2.35. The van der Waals surface area contributed by atoms with Crippen LogP contribution in [-0.4, -0.2) is 54.1 Å². The summed E-state index contributed by atoms with van der Waals surface area (Å²) < 4.78 is 27.0. The fraction of sp³-hybridized carbons (Fsp3) is 0.128. The van der Waals surface area contributed by atoms with Crippen molar-refractivity contribution in [3.8, 4) is 22.6 Å². The molecule has 12 heteroatoms. The quantitative estimate of drug-likeness (QED) is 0.117. The number of benzene rings is 5. The fourth-order valence-electron chi connectivity index (χ4n) is 7.79. The van der Waals surface area contributed by atoms with Crippen LogP contribution in [0.4, 0.5) is 5.69 Å². The van der Waals surface area contributed by atoms with Gasteiger partial charge in [-0.2, -0.15) is 0 Å².